The molecule has 1 heterocycles. The van der Waals surface area contributed by atoms with E-state index in [9.17, 15) is 9.59 Å². The molecule has 2 amide bonds. The third-order valence-corrected chi connectivity index (χ3v) is 5.53. The molecule has 1 aliphatic rings. The third kappa shape index (κ3) is 4.70. The van der Waals surface area contributed by atoms with Gasteiger partial charge in [0, 0.05) is 24.6 Å². The zero-order chi connectivity index (χ0) is 20.9. The molecule has 0 radical (unpaired) electrons. The van der Waals surface area contributed by atoms with Crippen molar-refractivity contribution in [3.63, 3.8) is 0 Å². The van der Waals surface area contributed by atoms with E-state index in [1.165, 1.54) is 0 Å². The molecular formula is C24H28N4O2. The van der Waals surface area contributed by atoms with E-state index in [1.54, 1.807) is 0 Å². The topological polar surface area (TPSA) is 76.0 Å². The van der Waals surface area contributed by atoms with E-state index in [2.05, 4.69) is 17.6 Å². The summed E-state index contributed by atoms with van der Waals surface area (Å²) in [5.41, 5.74) is 3.82. The number of anilines is 1. The van der Waals surface area contributed by atoms with Crippen LogP contribution in [0, 0.1) is 5.92 Å². The summed E-state index contributed by atoms with van der Waals surface area (Å²) < 4.78 is 1.99. The first kappa shape index (κ1) is 20.1. The molecule has 6 heteroatoms. The lowest BCUT2D eigenvalue weighted by molar-refractivity contribution is -0.122. The standard InChI is InChI=1S/C24H28N4O2/c1-2-17-8-3-4-9-19(17)27-23(29)16-28-21-11-6-5-10-20(21)26-22(28)12-7-15-25-24(30)18-13-14-18/h3-6,8-11,18H,2,7,12-16H2,1H3,(H,25,30)(H,27,29). The maximum absolute atomic E-state index is 12.8. The molecule has 1 aromatic heterocycles. The van der Waals surface area contributed by atoms with Crippen LogP contribution in [-0.4, -0.2) is 27.9 Å². The monoisotopic (exact) mass is 404 g/mol. The fourth-order valence-corrected chi connectivity index (χ4v) is 3.72. The van der Waals surface area contributed by atoms with Crippen LogP contribution in [0.25, 0.3) is 11.0 Å². The predicted molar refractivity (Wildman–Crippen MR) is 118 cm³/mol. The van der Waals surface area contributed by atoms with Gasteiger partial charge in [0.25, 0.3) is 0 Å². The molecule has 0 aliphatic heterocycles. The predicted octanol–water partition coefficient (Wildman–Crippen LogP) is 3.70. The lowest BCUT2D eigenvalue weighted by atomic mass is 10.1. The van der Waals surface area contributed by atoms with Crippen molar-refractivity contribution >= 4 is 28.5 Å². The SMILES string of the molecule is CCc1ccccc1NC(=O)Cn1c(CCCNC(=O)C2CC2)nc2ccccc21. The number of nitrogens with zero attached hydrogens (tertiary/aromatic N) is 2. The molecule has 2 aromatic carbocycles. The zero-order valence-electron chi connectivity index (χ0n) is 17.4. The summed E-state index contributed by atoms with van der Waals surface area (Å²) in [7, 11) is 0. The number of benzene rings is 2. The number of imidazole rings is 1. The second-order valence-electron chi connectivity index (χ2n) is 7.83. The van der Waals surface area contributed by atoms with Gasteiger partial charge < -0.3 is 15.2 Å². The van der Waals surface area contributed by atoms with Gasteiger partial charge in [-0.2, -0.15) is 0 Å². The van der Waals surface area contributed by atoms with Gasteiger partial charge in [-0.05, 0) is 49.4 Å². The van der Waals surface area contributed by atoms with Crippen LogP contribution < -0.4 is 10.6 Å². The molecular weight excluding hydrogens is 376 g/mol. The summed E-state index contributed by atoms with van der Waals surface area (Å²) in [6.45, 7) is 2.92. The van der Waals surface area contributed by atoms with Crippen LogP contribution in [0.5, 0.6) is 0 Å². The quantitative estimate of drug-likeness (QED) is 0.534. The lowest BCUT2D eigenvalue weighted by Gasteiger charge is -2.12. The van der Waals surface area contributed by atoms with Crippen molar-refractivity contribution in [1.82, 2.24) is 14.9 Å². The van der Waals surface area contributed by atoms with Crippen molar-refractivity contribution < 1.29 is 9.59 Å². The highest BCUT2D eigenvalue weighted by Gasteiger charge is 2.29. The molecule has 3 aromatic rings. The van der Waals surface area contributed by atoms with Crippen LogP contribution >= 0.6 is 0 Å². The van der Waals surface area contributed by atoms with Crippen LogP contribution in [0.15, 0.2) is 48.5 Å². The van der Waals surface area contributed by atoms with Gasteiger partial charge in [0.1, 0.15) is 12.4 Å². The van der Waals surface area contributed by atoms with Crippen LogP contribution in [0.3, 0.4) is 0 Å². The van der Waals surface area contributed by atoms with Gasteiger partial charge in [-0.3, -0.25) is 9.59 Å². The number of hydrogen-bond acceptors (Lipinski definition) is 3. The lowest BCUT2D eigenvalue weighted by Crippen LogP contribution is -2.26. The number of aromatic nitrogens is 2. The minimum atomic E-state index is -0.0673. The second kappa shape index (κ2) is 9.11. The molecule has 0 unspecified atom stereocenters. The number of nitrogens with one attached hydrogen (secondary N) is 2. The third-order valence-electron chi connectivity index (χ3n) is 5.53. The average molecular weight is 405 g/mol. The molecule has 30 heavy (non-hydrogen) atoms. The molecule has 6 nitrogen and oxygen atoms in total. The number of carbonyl (C=O) groups is 2. The maximum atomic E-state index is 12.8. The number of fused-ring (bicyclic) bond motifs is 1. The summed E-state index contributed by atoms with van der Waals surface area (Å²) in [6.07, 6.45) is 4.39. The summed E-state index contributed by atoms with van der Waals surface area (Å²) >= 11 is 0. The Hall–Kier alpha value is -3.15. The Morgan fingerprint density at radius 3 is 2.67 bits per heavy atom. The Kier molecular flexibility index (Phi) is 6.12. The molecule has 1 fully saturated rings. The largest absolute Gasteiger partial charge is 0.356 e. The first-order valence-electron chi connectivity index (χ1n) is 10.8. The van der Waals surface area contributed by atoms with Crippen LogP contribution in [0.1, 0.15) is 37.6 Å². The Morgan fingerprint density at radius 1 is 1.10 bits per heavy atom. The first-order valence-corrected chi connectivity index (χ1v) is 10.8. The van der Waals surface area contributed by atoms with Crippen LogP contribution in [-0.2, 0) is 29.0 Å². The van der Waals surface area contributed by atoms with Gasteiger partial charge in [-0.1, -0.05) is 37.3 Å². The highest BCUT2D eigenvalue weighted by molar-refractivity contribution is 5.92. The minimum absolute atomic E-state index is 0.0673. The number of amides is 2. The van der Waals surface area contributed by atoms with Crippen molar-refractivity contribution in [1.29, 1.82) is 0 Å². The van der Waals surface area contributed by atoms with Gasteiger partial charge in [-0.25, -0.2) is 4.98 Å². The molecule has 1 aliphatic carbocycles. The minimum Gasteiger partial charge on any atom is -0.356 e. The van der Waals surface area contributed by atoms with Crippen molar-refractivity contribution in [3.8, 4) is 0 Å². The van der Waals surface area contributed by atoms with Gasteiger partial charge in [-0.15, -0.1) is 0 Å². The van der Waals surface area contributed by atoms with Gasteiger partial charge in [0.15, 0.2) is 0 Å². The summed E-state index contributed by atoms with van der Waals surface area (Å²) in [5, 5.41) is 6.05. The Labute approximate surface area is 176 Å². The number of para-hydroxylation sites is 3. The number of rotatable bonds is 9. The normalized spacial score (nSPS) is 13.4. The van der Waals surface area contributed by atoms with Gasteiger partial charge in [0.05, 0.1) is 11.0 Å². The molecule has 0 saturated heterocycles. The second-order valence-corrected chi connectivity index (χ2v) is 7.83. The van der Waals surface area contributed by atoms with E-state index in [-0.39, 0.29) is 24.3 Å². The van der Waals surface area contributed by atoms with Crippen molar-refractivity contribution in [3.05, 3.63) is 59.9 Å². The van der Waals surface area contributed by atoms with Gasteiger partial charge >= 0.3 is 0 Å². The fraction of sp³-hybridized carbons (Fsp3) is 0.375. The number of aryl methyl sites for hydroxylation is 2. The van der Waals surface area contributed by atoms with Crippen molar-refractivity contribution in [2.45, 2.75) is 45.6 Å². The van der Waals surface area contributed by atoms with Crippen molar-refractivity contribution in [2.75, 3.05) is 11.9 Å². The van der Waals surface area contributed by atoms with Crippen LogP contribution in [0.2, 0.25) is 0 Å². The summed E-state index contributed by atoms with van der Waals surface area (Å²) in [4.78, 5) is 29.4. The molecule has 0 bridgehead atoms. The molecule has 1 saturated carbocycles. The molecule has 0 spiro atoms. The molecule has 2 N–H and O–H groups in total. The highest BCUT2D eigenvalue weighted by atomic mass is 16.2. The summed E-state index contributed by atoms with van der Waals surface area (Å²) in [6, 6.07) is 15.8. The van der Waals surface area contributed by atoms with E-state index in [4.69, 9.17) is 4.98 Å². The van der Waals surface area contributed by atoms with E-state index in [1.807, 2.05) is 53.1 Å². The van der Waals surface area contributed by atoms with E-state index >= 15 is 0 Å². The molecule has 0 atom stereocenters. The van der Waals surface area contributed by atoms with E-state index in [0.717, 1.165) is 53.8 Å². The van der Waals surface area contributed by atoms with Gasteiger partial charge in [0.2, 0.25) is 11.8 Å². The van der Waals surface area contributed by atoms with E-state index < -0.39 is 0 Å². The number of carbonyl (C=O) groups excluding carboxylic acids is 2. The Balaban J connectivity index is 1.45. The molecule has 4 rings (SSSR count). The molecule has 156 valence electrons. The fourth-order valence-electron chi connectivity index (χ4n) is 3.72. The zero-order valence-corrected chi connectivity index (χ0v) is 17.4. The highest BCUT2D eigenvalue weighted by Crippen LogP contribution is 2.28. The number of hydrogen-bond donors (Lipinski definition) is 2. The first-order chi connectivity index (χ1) is 14.7. The summed E-state index contributed by atoms with van der Waals surface area (Å²) in [5.74, 6) is 1.19. The maximum Gasteiger partial charge on any atom is 0.244 e. The average Bonchev–Trinajstić information content (AvgIpc) is 3.55. The van der Waals surface area contributed by atoms with Crippen LogP contribution in [0.4, 0.5) is 5.69 Å². The Morgan fingerprint density at radius 2 is 1.87 bits per heavy atom. The Bertz CT molecular complexity index is 1050. The van der Waals surface area contributed by atoms with Crippen molar-refractivity contribution in [2.24, 2.45) is 5.92 Å². The van der Waals surface area contributed by atoms with E-state index in [0.29, 0.717) is 13.0 Å². The smallest absolute Gasteiger partial charge is 0.244 e.